The first kappa shape index (κ1) is 19.0. The maximum Gasteiger partial charge on any atom is 0.0970 e. The lowest BCUT2D eigenvalue weighted by Gasteiger charge is -2.40. The largest absolute Gasteiger partial charge is 0.254 e. The van der Waals surface area contributed by atoms with Crippen LogP contribution in [-0.4, -0.2) is 9.97 Å². The van der Waals surface area contributed by atoms with Crippen molar-refractivity contribution in [2.75, 3.05) is 0 Å². The zero-order valence-corrected chi connectivity index (χ0v) is 18.9. The zero-order valence-electron chi connectivity index (χ0n) is 18.9. The molecule has 2 aromatic heterocycles. The molecule has 4 aliphatic rings. The highest BCUT2D eigenvalue weighted by molar-refractivity contribution is 6.06. The van der Waals surface area contributed by atoms with Crippen molar-refractivity contribution in [1.29, 1.82) is 0 Å². The average molecular weight is 427 g/mol. The molecule has 2 unspecified atom stereocenters. The Kier molecular flexibility index (Phi) is 4.17. The predicted octanol–water partition coefficient (Wildman–Crippen LogP) is 7.67. The molecule has 0 saturated carbocycles. The third kappa shape index (κ3) is 2.87. The van der Waals surface area contributed by atoms with Crippen LogP contribution in [0.1, 0.15) is 38.2 Å². The molecule has 0 fully saturated rings. The number of allylic oxidation sites excluding steroid dienone is 12. The summed E-state index contributed by atoms with van der Waals surface area (Å²) in [6, 6.07) is 10.7. The molecule has 0 radical (unpaired) electrons. The number of benzene rings is 1. The molecule has 1 aromatic carbocycles. The normalized spacial score (nSPS) is 23.9. The van der Waals surface area contributed by atoms with Crippen molar-refractivity contribution in [3.05, 3.63) is 113 Å². The van der Waals surface area contributed by atoms with Gasteiger partial charge in [-0.05, 0) is 78.2 Å². The minimum absolute atomic E-state index is 0.441. The molecule has 0 saturated heterocycles. The maximum atomic E-state index is 4.74. The zero-order chi connectivity index (χ0) is 21.9. The monoisotopic (exact) mass is 426 g/mol. The van der Waals surface area contributed by atoms with Crippen LogP contribution >= 0.6 is 0 Å². The van der Waals surface area contributed by atoms with Gasteiger partial charge >= 0.3 is 0 Å². The van der Waals surface area contributed by atoms with Crippen molar-refractivity contribution in [2.24, 2.45) is 11.8 Å². The Morgan fingerprint density at radius 2 is 1.48 bits per heavy atom. The number of fused-ring (bicyclic) bond motifs is 7. The van der Waals surface area contributed by atoms with Crippen LogP contribution in [0.15, 0.2) is 107 Å². The molecule has 0 bridgehead atoms. The summed E-state index contributed by atoms with van der Waals surface area (Å²) in [4.78, 5) is 9.38. The summed E-state index contributed by atoms with van der Waals surface area (Å²) in [7, 11) is 0. The van der Waals surface area contributed by atoms with Gasteiger partial charge in [-0.2, -0.15) is 0 Å². The molecule has 3 aromatic rings. The molecule has 2 nitrogen and oxygen atoms in total. The van der Waals surface area contributed by atoms with E-state index < -0.39 is 0 Å². The summed E-state index contributed by atoms with van der Waals surface area (Å²) in [6.07, 6.45) is 22.7. The van der Waals surface area contributed by atoms with Gasteiger partial charge in [-0.3, -0.25) is 9.97 Å². The summed E-state index contributed by atoms with van der Waals surface area (Å²) in [5.74, 6) is 0.911. The first-order chi connectivity index (χ1) is 16.3. The topological polar surface area (TPSA) is 25.8 Å². The second-order valence-electron chi connectivity index (χ2n) is 9.74. The molecule has 160 valence electrons. The number of pyridine rings is 2. The van der Waals surface area contributed by atoms with Gasteiger partial charge in [0.2, 0.25) is 0 Å². The first-order valence-corrected chi connectivity index (χ1v) is 12.1. The second kappa shape index (κ2) is 7.25. The molecular formula is C31H26N2. The fraction of sp³-hybridized carbons (Fsp3) is 0.226. The molecule has 7 rings (SSSR count). The summed E-state index contributed by atoms with van der Waals surface area (Å²) in [6.45, 7) is 2.29. The summed E-state index contributed by atoms with van der Waals surface area (Å²) < 4.78 is 0. The molecule has 2 heterocycles. The van der Waals surface area contributed by atoms with E-state index >= 15 is 0 Å². The average Bonchev–Trinajstić information content (AvgIpc) is 2.88. The minimum Gasteiger partial charge on any atom is -0.254 e. The number of rotatable bonds is 1. The Morgan fingerprint density at radius 1 is 0.727 bits per heavy atom. The van der Waals surface area contributed by atoms with Crippen molar-refractivity contribution in [3.63, 3.8) is 0 Å². The van der Waals surface area contributed by atoms with Gasteiger partial charge in [0.15, 0.2) is 0 Å². The first-order valence-electron chi connectivity index (χ1n) is 12.1. The lowest BCUT2D eigenvalue weighted by Crippen LogP contribution is -2.26. The lowest BCUT2D eigenvalue weighted by atomic mass is 9.64. The van der Waals surface area contributed by atoms with Crippen LogP contribution in [0.2, 0.25) is 0 Å². The fourth-order valence-electron chi connectivity index (χ4n) is 6.33. The summed E-state index contributed by atoms with van der Waals surface area (Å²) in [5, 5.41) is 2.35. The van der Waals surface area contributed by atoms with E-state index in [0.717, 1.165) is 29.3 Å². The molecule has 0 spiro atoms. The molecule has 0 N–H and O–H groups in total. The smallest absolute Gasteiger partial charge is 0.0970 e. The summed E-state index contributed by atoms with van der Waals surface area (Å²) in [5.41, 5.74) is 12.6. The van der Waals surface area contributed by atoms with E-state index in [0.29, 0.717) is 11.8 Å². The number of hydrogen-bond donors (Lipinski definition) is 0. The van der Waals surface area contributed by atoms with E-state index in [1.165, 1.54) is 40.5 Å². The van der Waals surface area contributed by atoms with E-state index in [-0.39, 0.29) is 0 Å². The van der Waals surface area contributed by atoms with Gasteiger partial charge in [0.25, 0.3) is 0 Å². The Morgan fingerprint density at radius 3 is 2.33 bits per heavy atom. The van der Waals surface area contributed by atoms with E-state index in [1.54, 1.807) is 16.7 Å². The van der Waals surface area contributed by atoms with Gasteiger partial charge in [-0.15, -0.1) is 0 Å². The van der Waals surface area contributed by atoms with Gasteiger partial charge in [0, 0.05) is 35.0 Å². The van der Waals surface area contributed by atoms with Crippen LogP contribution in [0.5, 0.6) is 0 Å². The lowest BCUT2D eigenvalue weighted by molar-refractivity contribution is 0.578. The highest BCUT2D eigenvalue weighted by Gasteiger charge is 2.36. The van der Waals surface area contributed by atoms with Gasteiger partial charge in [-0.1, -0.05) is 60.2 Å². The van der Waals surface area contributed by atoms with E-state index in [4.69, 9.17) is 4.98 Å². The van der Waals surface area contributed by atoms with Crippen molar-refractivity contribution >= 4 is 27.4 Å². The Hall–Kier alpha value is -3.52. The van der Waals surface area contributed by atoms with Gasteiger partial charge < -0.3 is 0 Å². The molecule has 2 heteroatoms. The molecule has 4 aliphatic carbocycles. The highest BCUT2D eigenvalue weighted by atomic mass is 14.7. The Bertz CT molecular complexity index is 1520. The van der Waals surface area contributed by atoms with Crippen molar-refractivity contribution < 1.29 is 0 Å². The molecule has 33 heavy (non-hydrogen) atoms. The van der Waals surface area contributed by atoms with Crippen molar-refractivity contribution in [3.8, 4) is 0 Å². The number of nitrogens with zero attached hydrogens (tertiary/aromatic N) is 2. The van der Waals surface area contributed by atoms with Gasteiger partial charge in [-0.25, -0.2) is 0 Å². The standard InChI is InChI=1S/C31H26N2/c1-19-8-11-25-26-12-10-21(18-29(26)24-7-3-2-6-23(24)28(25)17-19)22-14-16-33-31-27(22)13-9-20-5-4-15-32-30(20)31/h2-7,9,13-18,23-24H,8,10-12H2,1H3. The molecule has 2 atom stereocenters. The van der Waals surface area contributed by atoms with Crippen LogP contribution in [-0.2, 0) is 0 Å². The third-order valence-electron chi connectivity index (χ3n) is 7.89. The molecular weight excluding hydrogens is 400 g/mol. The van der Waals surface area contributed by atoms with Crippen molar-refractivity contribution in [2.45, 2.75) is 32.6 Å². The fourth-order valence-corrected chi connectivity index (χ4v) is 6.33. The Balaban J connectivity index is 1.42. The number of aromatic nitrogens is 2. The molecule has 0 amide bonds. The number of hydrogen-bond acceptors (Lipinski definition) is 2. The SMILES string of the molecule is CC1=CC2=C(CC1)C1=C(C=C(c3ccnc4c3ccc3cccnc34)CC1)C1C=CC=CC21. The quantitative estimate of drug-likeness (QED) is 0.373. The second-order valence-corrected chi connectivity index (χ2v) is 9.74. The van der Waals surface area contributed by atoms with E-state index in [9.17, 15) is 0 Å². The van der Waals surface area contributed by atoms with E-state index in [2.05, 4.69) is 72.6 Å². The highest BCUT2D eigenvalue weighted by Crippen LogP contribution is 2.51. The van der Waals surface area contributed by atoms with Gasteiger partial charge in [0.05, 0.1) is 11.0 Å². The molecule has 0 aliphatic heterocycles. The van der Waals surface area contributed by atoms with Crippen LogP contribution in [0.4, 0.5) is 0 Å². The van der Waals surface area contributed by atoms with Crippen LogP contribution in [0.3, 0.4) is 0 Å². The third-order valence-corrected chi connectivity index (χ3v) is 7.89. The van der Waals surface area contributed by atoms with Crippen LogP contribution < -0.4 is 0 Å². The van der Waals surface area contributed by atoms with Gasteiger partial charge in [0.1, 0.15) is 0 Å². The predicted molar refractivity (Wildman–Crippen MR) is 137 cm³/mol. The van der Waals surface area contributed by atoms with Crippen molar-refractivity contribution in [1.82, 2.24) is 9.97 Å². The minimum atomic E-state index is 0.441. The van der Waals surface area contributed by atoms with E-state index in [1.807, 2.05) is 18.5 Å². The van der Waals surface area contributed by atoms with Crippen LogP contribution in [0, 0.1) is 11.8 Å². The Labute approximate surface area is 194 Å². The maximum absolute atomic E-state index is 4.74. The summed E-state index contributed by atoms with van der Waals surface area (Å²) >= 11 is 0. The van der Waals surface area contributed by atoms with Crippen LogP contribution in [0.25, 0.3) is 27.4 Å².